The van der Waals surface area contributed by atoms with Gasteiger partial charge in [-0.1, -0.05) is 35.9 Å². The van der Waals surface area contributed by atoms with Crippen molar-refractivity contribution in [1.29, 1.82) is 5.26 Å². The van der Waals surface area contributed by atoms with E-state index in [1.165, 1.54) is 0 Å². The molecule has 0 aliphatic rings. The van der Waals surface area contributed by atoms with Gasteiger partial charge in [-0.3, -0.25) is 4.79 Å². The summed E-state index contributed by atoms with van der Waals surface area (Å²) in [6, 6.07) is 16.8. The maximum absolute atomic E-state index is 11.9. The number of amides is 1. The van der Waals surface area contributed by atoms with Crippen molar-refractivity contribution in [2.24, 2.45) is 0 Å². The van der Waals surface area contributed by atoms with E-state index >= 15 is 0 Å². The molecule has 2 aromatic rings. The summed E-state index contributed by atoms with van der Waals surface area (Å²) >= 11 is 5.93. The zero-order valence-corrected chi connectivity index (χ0v) is 13.4. The van der Waals surface area contributed by atoms with E-state index in [4.69, 9.17) is 16.9 Å². The largest absolute Gasteiger partial charge is 0.325 e. The van der Waals surface area contributed by atoms with Gasteiger partial charge in [-0.15, -0.1) is 0 Å². The van der Waals surface area contributed by atoms with Gasteiger partial charge >= 0.3 is 0 Å². The van der Waals surface area contributed by atoms with Crippen LogP contribution in [-0.4, -0.2) is 19.0 Å². The monoisotopic (exact) mass is 327 g/mol. The zero-order valence-electron chi connectivity index (χ0n) is 12.7. The molecule has 0 saturated heterocycles. The molecule has 0 aromatic heterocycles. The van der Waals surface area contributed by atoms with Gasteiger partial charge in [-0.05, 0) is 42.8 Å². The minimum Gasteiger partial charge on any atom is -0.325 e. The number of halogens is 1. The van der Waals surface area contributed by atoms with Crippen LogP contribution in [0.2, 0.25) is 5.02 Å². The van der Waals surface area contributed by atoms with Gasteiger partial charge in [0, 0.05) is 18.0 Å². The number of carbonyl (C=O) groups excluding carboxylic acids is 1. The lowest BCUT2D eigenvalue weighted by molar-refractivity contribution is -0.116. The Morgan fingerprint density at radius 3 is 2.74 bits per heavy atom. The molecule has 4 nitrogen and oxygen atoms in total. The van der Waals surface area contributed by atoms with Crippen LogP contribution in [0, 0.1) is 11.3 Å². The van der Waals surface area contributed by atoms with Crippen molar-refractivity contribution in [2.45, 2.75) is 12.8 Å². The molecule has 0 saturated carbocycles. The van der Waals surface area contributed by atoms with Crippen LogP contribution in [0.1, 0.15) is 17.5 Å². The molecular weight excluding hydrogens is 310 g/mol. The lowest BCUT2D eigenvalue weighted by Crippen LogP contribution is -2.23. The van der Waals surface area contributed by atoms with Crippen LogP contribution >= 0.6 is 11.6 Å². The summed E-state index contributed by atoms with van der Waals surface area (Å²) in [5.74, 6) is -0.108. The van der Waals surface area contributed by atoms with Crippen molar-refractivity contribution in [2.75, 3.05) is 18.4 Å². The van der Waals surface area contributed by atoms with E-state index in [0.29, 0.717) is 24.2 Å². The highest BCUT2D eigenvalue weighted by Crippen LogP contribution is 2.13. The standard InChI is InChI=1S/C18H18ClN3O/c19-16-6-3-4-14(12-16)8-10-21-11-9-18(23)22-17-7-2-1-5-15(17)13-20/h1-7,12,21H,8-11H2,(H,22,23). The van der Waals surface area contributed by atoms with E-state index in [-0.39, 0.29) is 5.91 Å². The molecule has 2 N–H and O–H groups in total. The second-order valence-electron chi connectivity index (χ2n) is 5.09. The summed E-state index contributed by atoms with van der Waals surface area (Å²) in [6.07, 6.45) is 1.22. The minimum absolute atomic E-state index is 0.108. The fourth-order valence-corrected chi connectivity index (χ4v) is 2.37. The Kier molecular flexibility index (Phi) is 6.61. The first-order valence-electron chi connectivity index (χ1n) is 7.43. The Morgan fingerprint density at radius 1 is 1.13 bits per heavy atom. The van der Waals surface area contributed by atoms with E-state index in [1.807, 2.05) is 24.3 Å². The summed E-state index contributed by atoms with van der Waals surface area (Å²) in [7, 11) is 0. The first-order chi connectivity index (χ1) is 11.2. The van der Waals surface area contributed by atoms with Gasteiger partial charge < -0.3 is 10.6 Å². The summed E-state index contributed by atoms with van der Waals surface area (Å²) < 4.78 is 0. The molecule has 118 valence electrons. The average Bonchev–Trinajstić information content (AvgIpc) is 2.55. The van der Waals surface area contributed by atoms with E-state index in [0.717, 1.165) is 23.6 Å². The highest BCUT2D eigenvalue weighted by Gasteiger charge is 2.05. The number of anilines is 1. The Bertz CT molecular complexity index is 709. The SMILES string of the molecule is N#Cc1ccccc1NC(=O)CCNCCc1cccc(Cl)c1. The molecule has 0 atom stereocenters. The van der Waals surface area contributed by atoms with Crippen LogP contribution in [0.3, 0.4) is 0 Å². The molecule has 2 aromatic carbocycles. The summed E-state index contributed by atoms with van der Waals surface area (Å²) in [5.41, 5.74) is 2.19. The third-order valence-electron chi connectivity index (χ3n) is 3.33. The van der Waals surface area contributed by atoms with Gasteiger partial charge in [0.05, 0.1) is 11.3 Å². The topological polar surface area (TPSA) is 64.9 Å². The fourth-order valence-electron chi connectivity index (χ4n) is 2.15. The van der Waals surface area contributed by atoms with Crippen molar-refractivity contribution in [1.82, 2.24) is 5.32 Å². The third kappa shape index (κ3) is 5.74. The first-order valence-corrected chi connectivity index (χ1v) is 7.81. The molecule has 5 heteroatoms. The lowest BCUT2D eigenvalue weighted by Gasteiger charge is -2.08. The van der Waals surface area contributed by atoms with E-state index in [9.17, 15) is 4.79 Å². The molecule has 0 aliphatic heterocycles. The van der Waals surface area contributed by atoms with Crippen LogP contribution in [0.15, 0.2) is 48.5 Å². The molecule has 0 unspecified atom stereocenters. The number of nitrogens with zero attached hydrogens (tertiary/aromatic N) is 1. The van der Waals surface area contributed by atoms with Crippen LogP contribution in [0.25, 0.3) is 0 Å². The predicted molar refractivity (Wildman–Crippen MR) is 92.4 cm³/mol. The number of rotatable bonds is 7. The normalized spacial score (nSPS) is 10.1. The van der Waals surface area contributed by atoms with Crippen LogP contribution in [-0.2, 0) is 11.2 Å². The fraction of sp³-hybridized carbons (Fsp3) is 0.222. The molecule has 23 heavy (non-hydrogen) atoms. The quantitative estimate of drug-likeness (QED) is 0.766. The number of hydrogen-bond acceptors (Lipinski definition) is 3. The number of nitrogens with one attached hydrogen (secondary N) is 2. The van der Waals surface area contributed by atoms with Gasteiger partial charge in [-0.2, -0.15) is 5.26 Å². The van der Waals surface area contributed by atoms with Crippen LogP contribution < -0.4 is 10.6 Å². The summed E-state index contributed by atoms with van der Waals surface area (Å²) in [5, 5.41) is 15.7. The zero-order chi connectivity index (χ0) is 16.5. The summed E-state index contributed by atoms with van der Waals surface area (Å²) in [6.45, 7) is 1.36. The van der Waals surface area contributed by atoms with Gasteiger partial charge in [0.1, 0.15) is 6.07 Å². The number of hydrogen-bond donors (Lipinski definition) is 2. The maximum Gasteiger partial charge on any atom is 0.225 e. The first kappa shape index (κ1) is 17.0. The molecule has 0 bridgehead atoms. The average molecular weight is 328 g/mol. The second-order valence-corrected chi connectivity index (χ2v) is 5.52. The smallest absolute Gasteiger partial charge is 0.225 e. The van der Waals surface area contributed by atoms with Crippen molar-refractivity contribution in [3.63, 3.8) is 0 Å². The molecule has 0 aliphatic carbocycles. The molecule has 0 heterocycles. The highest BCUT2D eigenvalue weighted by atomic mass is 35.5. The highest BCUT2D eigenvalue weighted by molar-refractivity contribution is 6.30. The second kappa shape index (κ2) is 8.94. The van der Waals surface area contributed by atoms with E-state index in [2.05, 4.69) is 16.7 Å². The van der Waals surface area contributed by atoms with Crippen molar-refractivity contribution in [3.05, 3.63) is 64.7 Å². The van der Waals surface area contributed by atoms with E-state index in [1.54, 1.807) is 24.3 Å². The Hall–Kier alpha value is -2.35. The van der Waals surface area contributed by atoms with Crippen LogP contribution in [0.5, 0.6) is 0 Å². The molecule has 0 radical (unpaired) electrons. The van der Waals surface area contributed by atoms with Crippen molar-refractivity contribution < 1.29 is 4.79 Å². The third-order valence-corrected chi connectivity index (χ3v) is 3.57. The number of carbonyl (C=O) groups is 1. The van der Waals surface area contributed by atoms with Gasteiger partial charge in [0.15, 0.2) is 0 Å². The van der Waals surface area contributed by atoms with Crippen molar-refractivity contribution >= 4 is 23.2 Å². The minimum atomic E-state index is -0.108. The van der Waals surface area contributed by atoms with Gasteiger partial charge in [-0.25, -0.2) is 0 Å². The van der Waals surface area contributed by atoms with Gasteiger partial charge in [0.2, 0.25) is 5.91 Å². The molecule has 1 amide bonds. The number of para-hydroxylation sites is 1. The molecular formula is C18H18ClN3O. The molecule has 0 spiro atoms. The summed E-state index contributed by atoms with van der Waals surface area (Å²) in [4.78, 5) is 11.9. The maximum atomic E-state index is 11.9. The predicted octanol–water partition coefficient (Wildman–Crippen LogP) is 3.37. The molecule has 0 fully saturated rings. The Balaban J connectivity index is 1.68. The number of benzene rings is 2. The van der Waals surface area contributed by atoms with Gasteiger partial charge in [0.25, 0.3) is 0 Å². The Morgan fingerprint density at radius 2 is 1.96 bits per heavy atom. The lowest BCUT2D eigenvalue weighted by atomic mass is 10.1. The number of nitriles is 1. The Labute approximate surface area is 141 Å². The van der Waals surface area contributed by atoms with E-state index < -0.39 is 0 Å². The van der Waals surface area contributed by atoms with Crippen LogP contribution in [0.4, 0.5) is 5.69 Å². The van der Waals surface area contributed by atoms with Crippen molar-refractivity contribution in [3.8, 4) is 6.07 Å². The molecule has 2 rings (SSSR count).